The van der Waals surface area contributed by atoms with Crippen molar-refractivity contribution in [3.8, 4) is 0 Å². The topological polar surface area (TPSA) is 12.0 Å². The molecule has 0 fully saturated rings. The number of hydrogen-bond acceptors (Lipinski definition) is 1. The molecule has 0 radical (unpaired) electrons. The number of halogens is 2. The van der Waals surface area contributed by atoms with Gasteiger partial charge in [0.1, 0.15) is 5.82 Å². The summed E-state index contributed by atoms with van der Waals surface area (Å²) in [6.07, 6.45) is 1.00. The first-order valence-electron chi connectivity index (χ1n) is 6.42. The number of hydrogen-bond donors (Lipinski definition) is 1. The molecule has 0 aromatic heterocycles. The highest BCUT2D eigenvalue weighted by Gasteiger charge is 2.08. The highest BCUT2D eigenvalue weighted by atomic mass is 79.9. The van der Waals surface area contributed by atoms with Gasteiger partial charge in [-0.1, -0.05) is 53.2 Å². The number of benzene rings is 2. The summed E-state index contributed by atoms with van der Waals surface area (Å²) in [4.78, 5) is 0. The summed E-state index contributed by atoms with van der Waals surface area (Å²) in [6.45, 7) is 2.80. The first-order chi connectivity index (χ1) is 9.19. The summed E-state index contributed by atoms with van der Waals surface area (Å²) in [6, 6.07) is 15.6. The average molecular weight is 322 g/mol. The molecule has 100 valence electrons. The van der Waals surface area contributed by atoms with E-state index in [1.807, 2.05) is 24.3 Å². The molecular weight excluding hydrogens is 305 g/mol. The van der Waals surface area contributed by atoms with Gasteiger partial charge in [0.25, 0.3) is 0 Å². The molecule has 0 saturated heterocycles. The van der Waals surface area contributed by atoms with Crippen molar-refractivity contribution in [2.45, 2.75) is 25.9 Å². The van der Waals surface area contributed by atoms with Crippen LogP contribution in [0.2, 0.25) is 0 Å². The maximum atomic E-state index is 13.3. The zero-order valence-corrected chi connectivity index (χ0v) is 12.5. The first-order valence-corrected chi connectivity index (χ1v) is 7.21. The van der Waals surface area contributed by atoms with Crippen LogP contribution in [0.15, 0.2) is 53.0 Å². The van der Waals surface area contributed by atoms with Crippen LogP contribution in [0.4, 0.5) is 4.39 Å². The van der Waals surface area contributed by atoms with Crippen LogP contribution >= 0.6 is 15.9 Å². The van der Waals surface area contributed by atoms with Gasteiger partial charge in [-0.05, 0) is 35.7 Å². The van der Waals surface area contributed by atoms with Gasteiger partial charge in [0.15, 0.2) is 0 Å². The standard InChI is InChI=1S/C16H17BrFN/c1-2-16(13-6-4-3-5-7-13)19-11-12-8-14(17)10-15(18)9-12/h3-10,16,19H,2,11H2,1H3. The minimum absolute atomic E-state index is 0.209. The van der Waals surface area contributed by atoms with Crippen LogP contribution in [0.1, 0.15) is 30.5 Å². The SMILES string of the molecule is CCC(NCc1cc(F)cc(Br)c1)c1ccccc1. The number of nitrogens with one attached hydrogen (secondary N) is 1. The van der Waals surface area contributed by atoms with Crippen LogP contribution in [-0.4, -0.2) is 0 Å². The molecule has 0 spiro atoms. The van der Waals surface area contributed by atoms with Gasteiger partial charge < -0.3 is 5.32 Å². The van der Waals surface area contributed by atoms with E-state index in [2.05, 4.69) is 40.3 Å². The summed E-state index contributed by atoms with van der Waals surface area (Å²) in [7, 11) is 0. The van der Waals surface area contributed by atoms with Gasteiger partial charge in [-0.25, -0.2) is 4.39 Å². The van der Waals surface area contributed by atoms with Crippen LogP contribution in [-0.2, 0) is 6.54 Å². The lowest BCUT2D eigenvalue weighted by Gasteiger charge is -2.17. The summed E-state index contributed by atoms with van der Waals surface area (Å²) in [5.41, 5.74) is 2.21. The molecule has 2 rings (SSSR count). The fourth-order valence-electron chi connectivity index (χ4n) is 2.14. The van der Waals surface area contributed by atoms with Crippen LogP contribution in [0, 0.1) is 5.82 Å². The van der Waals surface area contributed by atoms with Crippen molar-refractivity contribution in [3.63, 3.8) is 0 Å². The van der Waals surface area contributed by atoms with Crippen molar-refractivity contribution in [1.82, 2.24) is 5.32 Å². The molecule has 1 nitrogen and oxygen atoms in total. The second-order valence-corrected chi connectivity index (χ2v) is 5.45. The predicted octanol–water partition coefficient (Wildman–Crippen LogP) is 4.83. The molecule has 2 aromatic rings. The van der Waals surface area contributed by atoms with Gasteiger partial charge >= 0.3 is 0 Å². The third-order valence-electron chi connectivity index (χ3n) is 3.09. The molecule has 0 bridgehead atoms. The van der Waals surface area contributed by atoms with E-state index in [0.29, 0.717) is 12.6 Å². The van der Waals surface area contributed by atoms with E-state index in [0.717, 1.165) is 16.5 Å². The van der Waals surface area contributed by atoms with Crippen molar-refractivity contribution < 1.29 is 4.39 Å². The minimum Gasteiger partial charge on any atom is -0.306 e. The molecule has 0 aliphatic carbocycles. The Balaban J connectivity index is 2.04. The van der Waals surface area contributed by atoms with Crippen LogP contribution < -0.4 is 5.32 Å². The molecule has 19 heavy (non-hydrogen) atoms. The normalized spacial score (nSPS) is 12.4. The van der Waals surface area contributed by atoms with E-state index in [1.165, 1.54) is 11.6 Å². The molecule has 0 aliphatic heterocycles. The summed E-state index contributed by atoms with van der Waals surface area (Å²) in [5.74, 6) is -0.209. The molecule has 1 N–H and O–H groups in total. The highest BCUT2D eigenvalue weighted by molar-refractivity contribution is 9.10. The van der Waals surface area contributed by atoms with Crippen LogP contribution in [0.25, 0.3) is 0 Å². The van der Waals surface area contributed by atoms with Crippen LogP contribution in [0.5, 0.6) is 0 Å². The third kappa shape index (κ3) is 4.15. The van der Waals surface area contributed by atoms with E-state index in [4.69, 9.17) is 0 Å². The predicted molar refractivity (Wildman–Crippen MR) is 80.4 cm³/mol. The summed E-state index contributed by atoms with van der Waals surface area (Å²) >= 11 is 3.31. The van der Waals surface area contributed by atoms with E-state index in [9.17, 15) is 4.39 Å². The minimum atomic E-state index is -0.209. The highest BCUT2D eigenvalue weighted by Crippen LogP contribution is 2.19. The van der Waals surface area contributed by atoms with Gasteiger partial charge in [0.2, 0.25) is 0 Å². The molecule has 0 aliphatic rings. The molecule has 0 saturated carbocycles. The van der Waals surface area contributed by atoms with Crippen molar-refractivity contribution >= 4 is 15.9 Å². The van der Waals surface area contributed by atoms with Crippen molar-refractivity contribution in [2.24, 2.45) is 0 Å². The van der Waals surface area contributed by atoms with Gasteiger partial charge in [-0.2, -0.15) is 0 Å². The lowest BCUT2D eigenvalue weighted by atomic mass is 10.0. The first kappa shape index (κ1) is 14.2. The molecule has 2 aromatic carbocycles. The fraction of sp³-hybridized carbons (Fsp3) is 0.250. The molecule has 0 amide bonds. The fourth-order valence-corrected chi connectivity index (χ4v) is 2.65. The Bertz CT molecular complexity index is 507. The Hall–Kier alpha value is -1.19. The molecular formula is C16H17BrFN. The largest absolute Gasteiger partial charge is 0.306 e. The van der Waals surface area contributed by atoms with Gasteiger partial charge in [-0.15, -0.1) is 0 Å². The number of rotatable bonds is 5. The Morgan fingerprint density at radius 2 is 1.89 bits per heavy atom. The zero-order chi connectivity index (χ0) is 13.7. The Morgan fingerprint density at radius 1 is 1.16 bits per heavy atom. The maximum absolute atomic E-state index is 13.3. The van der Waals surface area contributed by atoms with Gasteiger partial charge in [-0.3, -0.25) is 0 Å². The Kier molecular flexibility index (Phi) is 5.11. The monoisotopic (exact) mass is 321 g/mol. The lowest BCUT2D eigenvalue weighted by molar-refractivity contribution is 0.517. The second-order valence-electron chi connectivity index (χ2n) is 4.53. The molecule has 0 heterocycles. The van der Waals surface area contributed by atoms with E-state index >= 15 is 0 Å². The molecule has 1 unspecified atom stereocenters. The third-order valence-corrected chi connectivity index (χ3v) is 3.54. The Labute approximate surface area is 122 Å². The van der Waals surface area contributed by atoms with Gasteiger partial charge in [0.05, 0.1) is 0 Å². The van der Waals surface area contributed by atoms with E-state index in [-0.39, 0.29) is 5.82 Å². The summed E-state index contributed by atoms with van der Waals surface area (Å²) in [5, 5.41) is 3.47. The van der Waals surface area contributed by atoms with E-state index in [1.54, 1.807) is 6.07 Å². The maximum Gasteiger partial charge on any atom is 0.124 e. The van der Waals surface area contributed by atoms with E-state index < -0.39 is 0 Å². The zero-order valence-electron chi connectivity index (χ0n) is 10.9. The quantitative estimate of drug-likeness (QED) is 0.831. The summed E-state index contributed by atoms with van der Waals surface area (Å²) < 4.78 is 14.1. The average Bonchev–Trinajstić information content (AvgIpc) is 2.39. The molecule has 3 heteroatoms. The van der Waals surface area contributed by atoms with Crippen molar-refractivity contribution in [1.29, 1.82) is 0 Å². The second kappa shape index (κ2) is 6.83. The smallest absolute Gasteiger partial charge is 0.124 e. The molecule has 1 atom stereocenters. The Morgan fingerprint density at radius 3 is 2.53 bits per heavy atom. The van der Waals surface area contributed by atoms with Gasteiger partial charge in [0, 0.05) is 17.1 Å². The van der Waals surface area contributed by atoms with Crippen molar-refractivity contribution in [2.75, 3.05) is 0 Å². The van der Waals surface area contributed by atoms with Crippen LogP contribution in [0.3, 0.4) is 0 Å². The lowest BCUT2D eigenvalue weighted by Crippen LogP contribution is -2.20. The van der Waals surface area contributed by atoms with Crippen molar-refractivity contribution in [3.05, 3.63) is 69.9 Å².